The summed E-state index contributed by atoms with van der Waals surface area (Å²) in [5, 5.41) is 35.8. The molecule has 13 heteroatoms. The molecule has 2 aromatic heterocycles. The lowest BCUT2D eigenvalue weighted by atomic mass is 9.85. The highest BCUT2D eigenvalue weighted by atomic mass is 32.1. The molecule has 2 aliphatic heterocycles. The number of nitrogens with zero attached hydrogens (tertiary/aromatic N) is 5. The lowest BCUT2D eigenvalue weighted by molar-refractivity contribution is -0.140. The van der Waals surface area contributed by atoms with Crippen LogP contribution in [0.3, 0.4) is 0 Å². The molecule has 52 heavy (non-hydrogen) atoms. The highest BCUT2D eigenvalue weighted by molar-refractivity contribution is 7.13. The zero-order chi connectivity index (χ0) is 37.3. The van der Waals surface area contributed by atoms with E-state index in [2.05, 4.69) is 56.7 Å². The van der Waals surface area contributed by atoms with E-state index in [9.17, 15) is 19.8 Å². The van der Waals surface area contributed by atoms with Crippen LogP contribution < -0.4 is 21.3 Å². The number of aromatic nitrogens is 3. The average Bonchev–Trinajstić information content (AvgIpc) is 3.70. The normalized spacial score (nSPS) is 18.8. The van der Waals surface area contributed by atoms with Gasteiger partial charge in [0.15, 0.2) is 5.82 Å². The molecule has 274 valence electrons. The Balaban J connectivity index is 1.06. The van der Waals surface area contributed by atoms with Gasteiger partial charge in [0, 0.05) is 55.7 Å². The van der Waals surface area contributed by atoms with E-state index in [1.54, 1.807) is 40.5 Å². The van der Waals surface area contributed by atoms with Gasteiger partial charge in [-0.2, -0.15) is 0 Å². The molecular formula is C39H48N8O4S. The summed E-state index contributed by atoms with van der Waals surface area (Å²) >= 11 is 1.62. The van der Waals surface area contributed by atoms with E-state index in [0.717, 1.165) is 21.7 Å². The number of carbonyl (C=O) groups excluding carboxylic acids is 2. The molecule has 0 aliphatic carbocycles. The molecule has 2 saturated heterocycles. The van der Waals surface area contributed by atoms with Crippen molar-refractivity contribution in [1.82, 2.24) is 30.7 Å². The summed E-state index contributed by atoms with van der Waals surface area (Å²) in [6.07, 6.45) is -0.112. The summed E-state index contributed by atoms with van der Waals surface area (Å²) in [4.78, 5) is 36.9. The second kappa shape index (κ2) is 14.9. The molecule has 0 unspecified atom stereocenters. The number of thiazole rings is 1. The number of phenols is 1. The first-order valence-electron chi connectivity index (χ1n) is 17.6. The topological polar surface area (TPSA) is 170 Å². The van der Waals surface area contributed by atoms with Gasteiger partial charge in [-0.25, -0.2) is 4.98 Å². The number of aliphatic hydroxyl groups is 1. The SMILES string of the molecule is C=C(N[C@@H](C)c1ccc(-c2scnc2C)cc1)[C@@H]1C[C@@H](O)CN1C(=O)[C@@H](NC(=O)CC1CN(c2cc(-c3ccccc3O)nnc2N)C1)C(C)(C)C. The first-order valence-corrected chi connectivity index (χ1v) is 18.5. The number of phenolic OH excluding ortho intramolecular Hbond substituents is 1. The molecule has 4 atom stereocenters. The Morgan fingerprint density at radius 3 is 2.44 bits per heavy atom. The van der Waals surface area contributed by atoms with E-state index in [1.165, 1.54) is 0 Å². The minimum atomic E-state index is -0.807. The van der Waals surface area contributed by atoms with Crippen LogP contribution in [-0.2, 0) is 9.59 Å². The van der Waals surface area contributed by atoms with E-state index in [4.69, 9.17) is 5.73 Å². The standard InChI is InChI=1S/C39H48N8O4S/c1-22(26-11-13-27(14-12-26)35-24(3)41-21-52-35)42-23(2)31-16-28(48)20-47(31)38(51)36(39(4,5)6)43-34(50)15-25-18-46(19-25)32-17-30(44-45-37(32)40)29-9-7-8-10-33(29)49/h7-14,17,21-22,25,28,31,36,42,48-49H,2,15-16,18-20H2,1,3-6H3,(H2,40,45)(H,43,50)/t22-,28+,31-,36+/m0/s1. The van der Waals surface area contributed by atoms with Crippen molar-refractivity contribution in [2.45, 2.75) is 71.7 Å². The molecule has 2 aliphatic rings. The van der Waals surface area contributed by atoms with E-state index in [-0.39, 0.29) is 48.3 Å². The Morgan fingerprint density at radius 2 is 1.79 bits per heavy atom. The molecule has 2 amide bonds. The van der Waals surface area contributed by atoms with Crippen LogP contribution in [-0.4, -0.2) is 79.9 Å². The van der Waals surface area contributed by atoms with Crippen molar-refractivity contribution in [2.75, 3.05) is 30.3 Å². The lowest BCUT2D eigenvalue weighted by Gasteiger charge is -2.41. The Bertz CT molecular complexity index is 1930. The van der Waals surface area contributed by atoms with Crippen LogP contribution in [0, 0.1) is 18.3 Å². The van der Waals surface area contributed by atoms with Crippen LogP contribution >= 0.6 is 11.3 Å². The molecule has 4 aromatic rings. The van der Waals surface area contributed by atoms with Crippen LogP contribution in [0.4, 0.5) is 11.5 Å². The molecular weight excluding hydrogens is 677 g/mol. The van der Waals surface area contributed by atoms with Gasteiger partial charge in [0.05, 0.1) is 39.6 Å². The summed E-state index contributed by atoms with van der Waals surface area (Å²) in [5.41, 5.74) is 13.0. The van der Waals surface area contributed by atoms with Crippen molar-refractivity contribution in [2.24, 2.45) is 11.3 Å². The van der Waals surface area contributed by atoms with Crippen molar-refractivity contribution < 1.29 is 19.8 Å². The summed E-state index contributed by atoms with van der Waals surface area (Å²) in [6.45, 7) is 15.4. The highest BCUT2D eigenvalue weighted by Gasteiger charge is 2.43. The second-order valence-electron chi connectivity index (χ2n) is 15.0. The van der Waals surface area contributed by atoms with Gasteiger partial charge in [-0.3, -0.25) is 9.59 Å². The fraction of sp³-hybridized carbons (Fsp3) is 0.410. The number of aliphatic hydroxyl groups excluding tert-OH is 1. The van der Waals surface area contributed by atoms with Crippen LogP contribution in [0.1, 0.15) is 57.8 Å². The van der Waals surface area contributed by atoms with Gasteiger partial charge >= 0.3 is 0 Å². The van der Waals surface area contributed by atoms with E-state index in [0.29, 0.717) is 42.2 Å². The quantitative estimate of drug-likeness (QED) is 0.141. The minimum Gasteiger partial charge on any atom is -0.507 e. The number of aryl methyl sites for hydroxylation is 1. The van der Waals surface area contributed by atoms with Gasteiger partial charge < -0.3 is 36.4 Å². The maximum atomic E-state index is 14.2. The fourth-order valence-electron chi connectivity index (χ4n) is 7.01. The molecule has 12 nitrogen and oxygen atoms in total. The molecule has 2 fully saturated rings. The largest absolute Gasteiger partial charge is 0.507 e. The number of likely N-dealkylation sites (tertiary alicyclic amines) is 1. The van der Waals surface area contributed by atoms with E-state index >= 15 is 0 Å². The zero-order valence-corrected chi connectivity index (χ0v) is 31.2. The Morgan fingerprint density at radius 1 is 1.08 bits per heavy atom. The van der Waals surface area contributed by atoms with Crippen molar-refractivity contribution in [3.05, 3.63) is 83.6 Å². The number of para-hydroxylation sites is 1. The fourth-order valence-corrected chi connectivity index (χ4v) is 7.82. The summed E-state index contributed by atoms with van der Waals surface area (Å²) in [7, 11) is 0. The molecule has 6 N–H and O–H groups in total. The smallest absolute Gasteiger partial charge is 0.246 e. The number of nitrogen functional groups attached to an aromatic ring is 1. The number of rotatable bonds is 11. The second-order valence-corrected chi connectivity index (χ2v) is 15.9. The monoisotopic (exact) mass is 724 g/mol. The number of nitrogens with one attached hydrogen (secondary N) is 2. The number of hydrogen-bond donors (Lipinski definition) is 5. The van der Waals surface area contributed by atoms with Crippen molar-refractivity contribution in [3.8, 4) is 27.4 Å². The average molecular weight is 725 g/mol. The predicted octanol–water partition coefficient (Wildman–Crippen LogP) is 5.05. The number of hydrogen-bond acceptors (Lipinski definition) is 11. The van der Waals surface area contributed by atoms with Crippen molar-refractivity contribution >= 4 is 34.7 Å². The summed E-state index contributed by atoms with van der Waals surface area (Å²) in [6, 6.07) is 15.7. The van der Waals surface area contributed by atoms with Gasteiger partial charge in [-0.1, -0.05) is 63.7 Å². The van der Waals surface area contributed by atoms with Crippen LogP contribution in [0.2, 0.25) is 0 Å². The van der Waals surface area contributed by atoms with E-state index < -0.39 is 23.6 Å². The minimum absolute atomic E-state index is 0.0451. The molecule has 0 radical (unpaired) electrons. The zero-order valence-electron chi connectivity index (χ0n) is 30.3. The van der Waals surface area contributed by atoms with Gasteiger partial charge in [0.25, 0.3) is 0 Å². The maximum Gasteiger partial charge on any atom is 0.246 e. The number of nitrogens with two attached hydrogens (primary N) is 1. The number of anilines is 2. The number of β-amino-alcohol motifs (C(OH)–C–C–N with tert-alkyl or cyclic N) is 1. The van der Waals surface area contributed by atoms with Crippen LogP contribution in [0.25, 0.3) is 21.7 Å². The van der Waals surface area contributed by atoms with Crippen LogP contribution in [0.15, 0.2) is 72.4 Å². The Hall–Kier alpha value is -5.01. The molecule has 0 saturated carbocycles. The third-order valence-corrected chi connectivity index (χ3v) is 10.9. The maximum absolute atomic E-state index is 14.2. The number of benzene rings is 2. The molecule has 2 aromatic carbocycles. The third-order valence-electron chi connectivity index (χ3n) is 9.96. The Kier molecular flexibility index (Phi) is 10.5. The Labute approximate surface area is 308 Å². The van der Waals surface area contributed by atoms with Crippen LogP contribution in [0.5, 0.6) is 5.75 Å². The van der Waals surface area contributed by atoms with Gasteiger partial charge in [-0.05, 0) is 48.6 Å². The van der Waals surface area contributed by atoms with Crippen molar-refractivity contribution in [3.63, 3.8) is 0 Å². The van der Waals surface area contributed by atoms with Gasteiger partial charge in [0.1, 0.15) is 11.8 Å². The first kappa shape index (κ1) is 36.8. The number of aromatic hydroxyl groups is 1. The molecule has 4 heterocycles. The highest BCUT2D eigenvalue weighted by Crippen LogP contribution is 2.36. The van der Waals surface area contributed by atoms with Crippen molar-refractivity contribution in [1.29, 1.82) is 0 Å². The van der Waals surface area contributed by atoms with E-state index in [1.807, 2.05) is 51.1 Å². The molecule has 0 bridgehead atoms. The third kappa shape index (κ3) is 7.90. The predicted molar refractivity (Wildman–Crippen MR) is 204 cm³/mol. The molecule has 6 rings (SSSR count). The number of carbonyl (C=O) groups is 2. The van der Waals surface area contributed by atoms with Gasteiger partial charge in [0.2, 0.25) is 11.8 Å². The molecule has 0 spiro atoms. The number of amides is 2. The lowest BCUT2D eigenvalue weighted by Crippen LogP contribution is -2.57. The van der Waals surface area contributed by atoms with Gasteiger partial charge in [-0.15, -0.1) is 21.5 Å². The summed E-state index contributed by atoms with van der Waals surface area (Å²) in [5.74, 6) is -0.0445. The first-order chi connectivity index (χ1) is 24.7. The summed E-state index contributed by atoms with van der Waals surface area (Å²) < 4.78 is 0.